The summed E-state index contributed by atoms with van der Waals surface area (Å²) >= 11 is 0. The van der Waals surface area contributed by atoms with Crippen LogP contribution in [0.3, 0.4) is 0 Å². The molecule has 0 radical (unpaired) electrons. The van der Waals surface area contributed by atoms with Crippen molar-refractivity contribution in [1.82, 2.24) is 14.7 Å². The largest absolute Gasteiger partial charge is 0.573 e. The number of halogens is 3. The summed E-state index contributed by atoms with van der Waals surface area (Å²) in [6.07, 6.45) is -4.29. The maximum Gasteiger partial charge on any atom is 0.573 e. The molecule has 0 N–H and O–H groups in total. The van der Waals surface area contributed by atoms with E-state index in [1.807, 2.05) is 6.92 Å². The van der Waals surface area contributed by atoms with E-state index in [1.54, 1.807) is 18.7 Å². The zero-order valence-electron chi connectivity index (χ0n) is 16.7. The Bertz CT molecular complexity index is 1050. The minimum absolute atomic E-state index is 0.0511. The van der Waals surface area contributed by atoms with Crippen LogP contribution in [0.2, 0.25) is 0 Å². The van der Waals surface area contributed by atoms with Crippen LogP contribution in [0.4, 0.5) is 13.2 Å². The van der Waals surface area contributed by atoms with Crippen molar-refractivity contribution in [3.63, 3.8) is 0 Å². The van der Waals surface area contributed by atoms with Crippen LogP contribution >= 0.6 is 0 Å². The molecule has 1 amide bonds. The zero-order chi connectivity index (χ0) is 22.3. The summed E-state index contributed by atoms with van der Waals surface area (Å²) in [5, 5.41) is 4.48. The second kappa shape index (κ2) is 7.93. The van der Waals surface area contributed by atoms with Crippen LogP contribution in [0.1, 0.15) is 39.8 Å². The van der Waals surface area contributed by atoms with Crippen molar-refractivity contribution >= 4 is 15.7 Å². The number of carbonyl (C=O) groups is 1. The summed E-state index contributed by atoms with van der Waals surface area (Å²) < 4.78 is 65.9. The maximum atomic E-state index is 12.7. The topological polar surface area (TPSA) is 81.5 Å². The second-order valence-corrected chi connectivity index (χ2v) is 9.61. The molecule has 7 nitrogen and oxygen atoms in total. The van der Waals surface area contributed by atoms with Gasteiger partial charge in [-0.1, -0.05) is 0 Å². The summed E-state index contributed by atoms with van der Waals surface area (Å²) in [7, 11) is -1.48. The fraction of sp³-hybridized carbons (Fsp3) is 0.474. The van der Waals surface area contributed by atoms with Crippen molar-refractivity contribution in [2.75, 3.05) is 18.6 Å². The van der Waals surface area contributed by atoms with Crippen LogP contribution < -0.4 is 4.74 Å². The van der Waals surface area contributed by atoms with Crippen molar-refractivity contribution < 1.29 is 31.1 Å². The van der Waals surface area contributed by atoms with Gasteiger partial charge in [-0.05, 0) is 44.5 Å². The maximum absolute atomic E-state index is 12.7. The molecule has 1 fully saturated rings. The van der Waals surface area contributed by atoms with Crippen LogP contribution in [0.5, 0.6) is 5.75 Å². The van der Waals surface area contributed by atoms with E-state index >= 15 is 0 Å². The number of nitrogens with zero attached hydrogens (tertiary/aromatic N) is 3. The highest BCUT2D eigenvalue weighted by atomic mass is 32.2. The van der Waals surface area contributed by atoms with Gasteiger partial charge >= 0.3 is 6.36 Å². The average Bonchev–Trinajstić information content (AvgIpc) is 3.13. The number of rotatable bonds is 5. The third-order valence-electron chi connectivity index (χ3n) is 5.11. The quantitative estimate of drug-likeness (QED) is 0.707. The number of benzene rings is 1. The molecule has 0 saturated carbocycles. The summed E-state index contributed by atoms with van der Waals surface area (Å²) in [6.45, 7) is 3.86. The third kappa shape index (κ3) is 4.94. The number of carbonyl (C=O) groups excluding carboxylic acids is 1. The first-order chi connectivity index (χ1) is 13.9. The first-order valence-electron chi connectivity index (χ1n) is 9.22. The Labute approximate surface area is 172 Å². The molecule has 0 spiro atoms. The van der Waals surface area contributed by atoms with Gasteiger partial charge in [0.15, 0.2) is 9.84 Å². The van der Waals surface area contributed by atoms with E-state index in [9.17, 15) is 26.4 Å². The van der Waals surface area contributed by atoms with Gasteiger partial charge in [0.1, 0.15) is 5.75 Å². The van der Waals surface area contributed by atoms with Crippen molar-refractivity contribution in [3.8, 4) is 5.75 Å². The van der Waals surface area contributed by atoms with Gasteiger partial charge in [0, 0.05) is 30.4 Å². The molecular weight excluding hydrogens is 423 g/mol. The van der Waals surface area contributed by atoms with Crippen molar-refractivity contribution in [2.24, 2.45) is 0 Å². The highest BCUT2D eigenvalue weighted by molar-refractivity contribution is 7.91. The van der Waals surface area contributed by atoms with Gasteiger partial charge in [0.25, 0.3) is 5.91 Å². The number of alkyl halides is 3. The monoisotopic (exact) mass is 445 g/mol. The Morgan fingerprint density at radius 1 is 1.27 bits per heavy atom. The first kappa shape index (κ1) is 22.1. The highest BCUT2D eigenvalue weighted by Gasteiger charge is 2.32. The van der Waals surface area contributed by atoms with Crippen LogP contribution in [-0.4, -0.2) is 53.9 Å². The minimum Gasteiger partial charge on any atom is -0.406 e. The van der Waals surface area contributed by atoms with E-state index in [1.165, 1.54) is 17.0 Å². The number of aryl methyl sites for hydroxylation is 1. The van der Waals surface area contributed by atoms with E-state index in [0.29, 0.717) is 12.1 Å². The lowest BCUT2D eigenvalue weighted by Gasteiger charge is -2.18. The summed E-state index contributed by atoms with van der Waals surface area (Å²) in [6, 6.07) is 4.50. The van der Waals surface area contributed by atoms with Gasteiger partial charge in [-0.3, -0.25) is 9.48 Å². The van der Waals surface area contributed by atoms with Gasteiger partial charge in [0.05, 0.1) is 23.2 Å². The molecule has 11 heteroatoms. The van der Waals surface area contributed by atoms with E-state index in [4.69, 9.17) is 0 Å². The Hall–Kier alpha value is -2.56. The van der Waals surface area contributed by atoms with Crippen LogP contribution in [-0.2, 0) is 16.4 Å². The lowest BCUT2D eigenvalue weighted by Crippen LogP contribution is -2.27. The Kier molecular flexibility index (Phi) is 5.85. The molecule has 0 bridgehead atoms. The average molecular weight is 445 g/mol. The first-order valence-corrected chi connectivity index (χ1v) is 11.0. The Morgan fingerprint density at radius 3 is 2.43 bits per heavy atom. The molecule has 2 aromatic rings. The molecule has 1 unspecified atom stereocenters. The summed E-state index contributed by atoms with van der Waals surface area (Å²) in [5.41, 5.74) is 2.53. The van der Waals surface area contributed by atoms with Gasteiger partial charge in [0.2, 0.25) is 0 Å². The van der Waals surface area contributed by atoms with E-state index in [2.05, 4.69) is 9.84 Å². The van der Waals surface area contributed by atoms with Crippen molar-refractivity contribution in [3.05, 3.63) is 46.8 Å². The Morgan fingerprint density at radius 2 is 1.90 bits per heavy atom. The molecule has 1 saturated heterocycles. The van der Waals surface area contributed by atoms with Crippen molar-refractivity contribution in [2.45, 2.75) is 39.2 Å². The number of aromatic nitrogens is 2. The molecule has 1 aliphatic rings. The smallest absolute Gasteiger partial charge is 0.406 e. The molecule has 1 atom stereocenters. The van der Waals surface area contributed by atoms with Crippen LogP contribution in [0.25, 0.3) is 0 Å². The normalized spacial score (nSPS) is 18.4. The predicted molar refractivity (Wildman–Crippen MR) is 103 cm³/mol. The molecule has 1 aromatic heterocycles. The molecule has 164 valence electrons. The number of ether oxygens (including phenoxy) is 1. The third-order valence-corrected chi connectivity index (χ3v) is 6.86. The molecule has 1 aromatic carbocycles. The summed E-state index contributed by atoms with van der Waals surface area (Å²) in [4.78, 5) is 14.1. The number of hydrogen-bond acceptors (Lipinski definition) is 5. The zero-order valence-corrected chi connectivity index (χ0v) is 17.5. The number of amides is 1. The molecule has 0 aliphatic carbocycles. The fourth-order valence-electron chi connectivity index (χ4n) is 3.58. The molecule has 2 heterocycles. The van der Waals surface area contributed by atoms with Crippen LogP contribution in [0, 0.1) is 13.8 Å². The number of hydrogen-bond donors (Lipinski definition) is 0. The van der Waals surface area contributed by atoms with Gasteiger partial charge in [-0.25, -0.2) is 8.42 Å². The lowest BCUT2D eigenvalue weighted by atomic mass is 10.1. The minimum atomic E-state index is -4.80. The molecule has 30 heavy (non-hydrogen) atoms. The predicted octanol–water partition coefficient (Wildman–Crippen LogP) is 3.03. The van der Waals surface area contributed by atoms with E-state index in [-0.39, 0.29) is 35.6 Å². The molecule has 3 rings (SSSR count). The summed E-state index contributed by atoms with van der Waals surface area (Å²) in [5.74, 6) is -0.586. The second-order valence-electron chi connectivity index (χ2n) is 7.38. The van der Waals surface area contributed by atoms with E-state index in [0.717, 1.165) is 23.4 Å². The van der Waals surface area contributed by atoms with Gasteiger partial charge < -0.3 is 9.64 Å². The molecule has 1 aliphatic heterocycles. The number of sulfone groups is 1. The van der Waals surface area contributed by atoms with Gasteiger partial charge in [-0.15, -0.1) is 13.2 Å². The van der Waals surface area contributed by atoms with E-state index < -0.39 is 21.9 Å². The SMILES string of the molecule is Cc1nn(C2CCS(=O)(=O)C2)c(C)c1CN(C)C(=O)c1ccc(OC(F)(F)F)cc1. The van der Waals surface area contributed by atoms with Crippen LogP contribution in [0.15, 0.2) is 24.3 Å². The standard InChI is InChI=1S/C19H22F3N3O4S/c1-12-17(13(2)25(23-12)15-8-9-30(27,28)11-15)10-24(3)18(26)14-4-6-16(7-5-14)29-19(20,21)22/h4-7,15H,8-11H2,1-3H3. The Balaban J connectivity index is 1.73. The fourth-order valence-corrected chi connectivity index (χ4v) is 5.27. The molecular formula is C19H22F3N3O4S. The highest BCUT2D eigenvalue weighted by Crippen LogP contribution is 2.28. The lowest BCUT2D eigenvalue weighted by molar-refractivity contribution is -0.274. The van der Waals surface area contributed by atoms with Crippen molar-refractivity contribution in [1.29, 1.82) is 0 Å². The van der Waals surface area contributed by atoms with Gasteiger partial charge in [-0.2, -0.15) is 5.10 Å².